The summed E-state index contributed by atoms with van der Waals surface area (Å²) in [5, 5.41) is 5.04. The van der Waals surface area contributed by atoms with Crippen molar-refractivity contribution >= 4 is 54.9 Å². The molecule has 0 N–H and O–H groups in total. The van der Waals surface area contributed by atoms with Crippen molar-refractivity contribution in [3.8, 4) is 44.9 Å². The second-order valence-electron chi connectivity index (χ2n) is 12.1. The molecule has 50 heavy (non-hydrogen) atoms. The molecule has 0 fully saturated rings. The molecule has 0 saturated heterocycles. The maximum absolute atomic E-state index is 7.63. The van der Waals surface area contributed by atoms with Crippen LogP contribution >= 0.6 is 0 Å². The predicted molar refractivity (Wildman–Crippen MR) is 202 cm³/mol. The van der Waals surface area contributed by atoms with Crippen LogP contribution in [0.25, 0.3) is 98.1 Å². The van der Waals surface area contributed by atoms with Gasteiger partial charge in [0.2, 0.25) is 0 Å². The molecule has 9 rings (SSSR count). The van der Waals surface area contributed by atoms with E-state index in [-0.39, 0.29) is 0 Å². The van der Waals surface area contributed by atoms with Crippen LogP contribution in [-0.4, -0.2) is 19.9 Å². The number of fused-ring (bicyclic) bond motifs is 6. The Kier molecular flexibility index (Phi) is 6.79. The highest BCUT2D eigenvalue weighted by atomic mass is 14.9. The van der Waals surface area contributed by atoms with E-state index in [2.05, 4.69) is 70.4 Å². The third-order valence-electron chi connectivity index (χ3n) is 9.13. The summed E-state index contributed by atoms with van der Waals surface area (Å²) >= 11 is 0. The van der Waals surface area contributed by atoms with Crippen molar-refractivity contribution < 1.29 is 0 Å². The van der Waals surface area contributed by atoms with E-state index in [4.69, 9.17) is 33.1 Å². The Labute approximate surface area is 287 Å². The van der Waals surface area contributed by atoms with Crippen molar-refractivity contribution in [1.29, 1.82) is 0 Å². The van der Waals surface area contributed by atoms with E-state index < -0.39 is 0 Å². The minimum Gasteiger partial charge on any atom is -0.256 e. The minimum absolute atomic E-state index is 0.422. The molecule has 6 heteroatoms. The fourth-order valence-corrected chi connectivity index (χ4v) is 6.87. The van der Waals surface area contributed by atoms with Crippen LogP contribution in [0.2, 0.25) is 0 Å². The van der Waals surface area contributed by atoms with E-state index in [0.29, 0.717) is 17.2 Å². The van der Waals surface area contributed by atoms with Gasteiger partial charge in [0.15, 0.2) is 17.2 Å². The highest BCUT2D eigenvalue weighted by Crippen LogP contribution is 2.42. The summed E-state index contributed by atoms with van der Waals surface area (Å²) in [7, 11) is 0. The molecule has 3 heterocycles. The molecular weight excluding hydrogens is 613 g/mol. The van der Waals surface area contributed by atoms with Crippen molar-refractivity contribution in [2.24, 2.45) is 0 Å². The van der Waals surface area contributed by atoms with Gasteiger partial charge in [0.05, 0.1) is 35.4 Å². The lowest BCUT2D eigenvalue weighted by Gasteiger charge is -2.16. The number of pyridine rings is 2. The molecular formula is C44H24N6. The highest BCUT2D eigenvalue weighted by molar-refractivity contribution is 6.22. The Morgan fingerprint density at radius 1 is 0.420 bits per heavy atom. The first-order valence-electron chi connectivity index (χ1n) is 16.1. The number of rotatable bonds is 4. The Morgan fingerprint density at radius 3 is 1.68 bits per heavy atom. The van der Waals surface area contributed by atoms with E-state index in [0.717, 1.165) is 82.6 Å². The third-order valence-corrected chi connectivity index (χ3v) is 9.13. The second-order valence-corrected chi connectivity index (χ2v) is 12.1. The van der Waals surface area contributed by atoms with Crippen LogP contribution in [0.5, 0.6) is 0 Å². The lowest BCUT2D eigenvalue weighted by molar-refractivity contribution is 1.23. The van der Waals surface area contributed by atoms with Gasteiger partial charge in [-0.3, -0.25) is 9.97 Å². The van der Waals surface area contributed by atoms with Gasteiger partial charge >= 0.3 is 0 Å². The number of hydrogen-bond donors (Lipinski definition) is 0. The number of benzene rings is 6. The van der Waals surface area contributed by atoms with Crippen LogP contribution < -0.4 is 0 Å². The van der Waals surface area contributed by atoms with Gasteiger partial charge in [-0.15, -0.1) is 0 Å². The lowest BCUT2D eigenvalue weighted by atomic mass is 9.90. The van der Waals surface area contributed by atoms with Crippen LogP contribution in [-0.2, 0) is 0 Å². The standard InChI is InChI=1S/C44H24N6/c1-45-31-22-30(23-32(24-31)46-2)37-26-39-33-16-9-19-47-42(33)36(25-38(39)34-17-10-20-48-43(34)37)28-13-8-14-29(21-28)44-49-40-18-7-6-15-35(40)41(50-44)27-11-4-3-5-12-27/h3-26H. The Bertz CT molecular complexity index is 2870. The van der Waals surface area contributed by atoms with Gasteiger partial charge in [-0.05, 0) is 58.3 Å². The summed E-state index contributed by atoms with van der Waals surface area (Å²) in [5.74, 6) is 0.655. The van der Waals surface area contributed by atoms with Crippen LogP contribution in [0, 0.1) is 13.1 Å². The fourth-order valence-electron chi connectivity index (χ4n) is 6.87. The van der Waals surface area contributed by atoms with Crippen molar-refractivity contribution in [2.45, 2.75) is 0 Å². The smallest absolute Gasteiger partial charge is 0.177 e. The molecule has 3 aromatic heterocycles. The third kappa shape index (κ3) is 4.80. The van der Waals surface area contributed by atoms with Crippen molar-refractivity contribution in [3.63, 3.8) is 0 Å². The maximum Gasteiger partial charge on any atom is 0.177 e. The van der Waals surface area contributed by atoms with Gasteiger partial charge in [0.1, 0.15) is 0 Å². The minimum atomic E-state index is 0.422. The maximum atomic E-state index is 7.63. The quantitative estimate of drug-likeness (QED) is 0.142. The summed E-state index contributed by atoms with van der Waals surface area (Å²) < 4.78 is 0. The predicted octanol–water partition coefficient (Wildman–Crippen LogP) is 11.6. The summed E-state index contributed by atoms with van der Waals surface area (Å²) in [5.41, 5.74) is 9.89. The molecule has 6 aromatic carbocycles. The normalized spacial score (nSPS) is 11.2. The van der Waals surface area contributed by atoms with Crippen molar-refractivity contribution in [2.75, 3.05) is 0 Å². The van der Waals surface area contributed by atoms with Crippen molar-refractivity contribution in [1.82, 2.24) is 19.9 Å². The van der Waals surface area contributed by atoms with Gasteiger partial charge in [-0.1, -0.05) is 97.1 Å². The van der Waals surface area contributed by atoms with Gasteiger partial charge in [-0.25, -0.2) is 19.7 Å². The zero-order valence-corrected chi connectivity index (χ0v) is 26.5. The second kappa shape index (κ2) is 11.8. The number of para-hydroxylation sites is 1. The monoisotopic (exact) mass is 636 g/mol. The van der Waals surface area contributed by atoms with E-state index >= 15 is 0 Å². The van der Waals surface area contributed by atoms with Crippen LogP contribution in [0.4, 0.5) is 11.4 Å². The molecule has 0 radical (unpaired) electrons. The van der Waals surface area contributed by atoms with Gasteiger partial charge in [-0.2, -0.15) is 0 Å². The van der Waals surface area contributed by atoms with Gasteiger partial charge in [0.25, 0.3) is 0 Å². The van der Waals surface area contributed by atoms with Gasteiger partial charge < -0.3 is 0 Å². The average Bonchev–Trinajstić information content (AvgIpc) is 3.19. The fraction of sp³-hybridized carbons (Fsp3) is 0. The SMILES string of the molecule is [C-]#[N+]c1cc([N+]#[C-])cc(-c2cc3c4cccnc4c(-c4cccc(-c5nc(-c6ccccc6)c6ccccc6n5)c4)cc3c3cccnc23)c1. The molecule has 0 bridgehead atoms. The summed E-state index contributed by atoms with van der Waals surface area (Å²) in [6.45, 7) is 15.3. The molecule has 0 aliphatic rings. The first-order valence-corrected chi connectivity index (χ1v) is 16.1. The Hall–Kier alpha value is -7.28. The summed E-state index contributed by atoms with van der Waals surface area (Å²) in [6.07, 6.45) is 3.61. The van der Waals surface area contributed by atoms with E-state index in [1.54, 1.807) is 12.3 Å². The van der Waals surface area contributed by atoms with Crippen LogP contribution in [0.15, 0.2) is 146 Å². The molecule has 6 nitrogen and oxygen atoms in total. The number of nitrogens with zero attached hydrogens (tertiary/aromatic N) is 6. The highest BCUT2D eigenvalue weighted by Gasteiger charge is 2.18. The van der Waals surface area contributed by atoms with E-state index in [1.807, 2.05) is 72.9 Å². The zero-order valence-electron chi connectivity index (χ0n) is 26.5. The molecule has 0 saturated carbocycles. The topological polar surface area (TPSA) is 60.3 Å². The zero-order chi connectivity index (χ0) is 33.6. The molecule has 0 amide bonds. The molecule has 0 atom stereocenters. The molecule has 0 unspecified atom stereocenters. The Balaban J connectivity index is 1.28. The van der Waals surface area contributed by atoms with Gasteiger partial charge in [0, 0.05) is 50.8 Å². The molecule has 230 valence electrons. The van der Waals surface area contributed by atoms with Crippen LogP contribution in [0.1, 0.15) is 0 Å². The average molecular weight is 637 g/mol. The first kappa shape index (κ1) is 28.9. The van der Waals surface area contributed by atoms with Crippen LogP contribution in [0.3, 0.4) is 0 Å². The lowest BCUT2D eigenvalue weighted by Crippen LogP contribution is -1.95. The first-order chi connectivity index (χ1) is 24.7. The molecule has 0 spiro atoms. The van der Waals surface area contributed by atoms with E-state index in [1.165, 1.54) is 0 Å². The molecule has 0 aliphatic heterocycles. The van der Waals surface area contributed by atoms with Crippen molar-refractivity contribution in [3.05, 3.63) is 169 Å². The van der Waals surface area contributed by atoms with E-state index in [9.17, 15) is 0 Å². The largest absolute Gasteiger partial charge is 0.256 e. The summed E-state index contributed by atoms with van der Waals surface area (Å²) in [6, 6.07) is 44.4. The summed E-state index contributed by atoms with van der Waals surface area (Å²) in [4.78, 5) is 27.1. The Morgan fingerprint density at radius 2 is 1.00 bits per heavy atom. The molecule has 0 aliphatic carbocycles. The number of hydrogen-bond acceptors (Lipinski definition) is 4. The number of aromatic nitrogens is 4. The molecule has 9 aromatic rings.